The SMILES string of the molecule is COC(=O)/C(C(C)=N)=C(/O)c1ccc(Br)cc1. The predicted molar refractivity (Wildman–Crippen MR) is 69.1 cm³/mol. The minimum absolute atomic E-state index is 0.0442. The van der Waals surface area contributed by atoms with Crippen molar-refractivity contribution in [1.82, 2.24) is 0 Å². The fraction of sp³-hybridized carbons (Fsp3) is 0.167. The fourth-order valence-electron chi connectivity index (χ4n) is 1.28. The van der Waals surface area contributed by atoms with Gasteiger partial charge in [0.25, 0.3) is 0 Å². The molecule has 17 heavy (non-hydrogen) atoms. The summed E-state index contributed by atoms with van der Waals surface area (Å²) >= 11 is 3.27. The second kappa shape index (κ2) is 5.63. The van der Waals surface area contributed by atoms with Gasteiger partial charge >= 0.3 is 5.97 Å². The van der Waals surface area contributed by atoms with Crippen molar-refractivity contribution in [2.75, 3.05) is 7.11 Å². The van der Waals surface area contributed by atoms with E-state index in [0.717, 1.165) is 4.47 Å². The summed E-state index contributed by atoms with van der Waals surface area (Å²) in [5.41, 5.74) is 0.285. The maximum atomic E-state index is 11.4. The van der Waals surface area contributed by atoms with E-state index in [1.165, 1.54) is 14.0 Å². The molecule has 0 bridgehead atoms. The summed E-state index contributed by atoms with van der Waals surface area (Å²) in [4.78, 5) is 11.4. The van der Waals surface area contributed by atoms with E-state index in [-0.39, 0.29) is 17.0 Å². The van der Waals surface area contributed by atoms with Crippen molar-refractivity contribution in [3.8, 4) is 0 Å². The van der Waals surface area contributed by atoms with Gasteiger partial charge < -0.3 is 15.3 Å². The Hall–Kier alpha value is -1.62. The summed E-state index contributed by atoms with van der Waals surface area (Å²) in [6.07, 6.45) is 0. The molecule has 0 aliphatic rings. The number of hydrogen-bond acceptors (Lipinski definition) is 4. The summed E-state index contributed by atoms with van der Waals surface area (Å²) in [5.74, 6) is -0.977. The topological polar surface area (TPSA) is 70.4 Å². The Morgan fingerprint density at radius 3 is 2.29 bits per heavy atom. The Bertz CT molecular complexity index is 477. The first-order chi connectivity index (χ1) is 7.97. The van der Waals surface area contributed by atoms with Crippen LogP contribution in [0.4, 0.5) is 0 Å². The number of esters is 1. The summed E-state index contributed by atoms with van der Waals surface area (Å²) in [6, 6.07) is 6.76. The molecule has 0 radical (unpaired) electrons. The minimum atomic E-state index is -0.724. The van der Waals surface area contributed by atoms with Gasteiger partial charge in [-0.2, -0.15) is 0 Å². The monoisotopic (exact) mass is 297 g/mol. The number of methoxy groups -OCH3 is 1. The Balaban J connectivity index is 3.29. The zero-order valence-electron chi connectivity index (χ0n) is 9.45. The average molecular weight is 298 g/mol. The number of aliphatic hydroxyl groups is 1. The maximum Gasteiger partial charge on any atom is 0.343 e. The molecular weight excluding hydrogens is 286 g/mol. The third-order valence-corrected chi connectivity index (χ3v) is 2.65. The highest BCUT2D eigenvalue weighted by molar-refractivity contribution is 9.10. The number of hydrogen-bond donors (Lipinski definition) is 2. The lowest BCUT2D eigenvalue weighted by molar-refractivity contribution is -0.135. The maximum absolute atomic E-state index is 11.4. The van der Waals surface area contributed by atoms with Crippen LogP contribution in [0.25, 0.3) is 5.76 Å². The van der Waals surface area contributed by atoms with Gasteiger partial charge in [-0.25, -0.2) is 4.79 Å². The van der Waals surface area contributed by atoms with Crippen LogP contribution in [0.1, 0.15) is 12.5 Å². The van der Waals surface area contributed by atoms with Crippen LogP contribution in [0.15, 0.2) is 34.3 Å². The molecule has 0 spiro atoms. The minimum Gasteiger partial charge on any atom is -0.506 e. The van der Waals surface area contributed by atoms with E-state index in [4.69, 9.17) is 5.41 Å². The molecule has 0 saturated carbocycles. The number of aliphatic hydroxyl groups excluding tert-OH is 1. The van der Waals surface area contributed by atoms with Crippen LogP contribution in [0, 0.1) is 5.41 Å². The number of carbonyl (C=O) groups excluding carboxylic acids is 1. The molecule has 0 fully saturated rings. The summed E-state index contributed by atoms with van der Waals surface area (Å²) < 4.78 is 5.39. The van der Waals surface area contributed by atoms with Crippen LogP contribution in [0.3, 0.4) is 0 Å². The van der Waals surface area contributed by atoms with E-state index in [1.54, 1.807) is 24.3 Å². The van der Waals surface area contributed by atoms with E-state index >= 15 is 0 Å². The molecule has 0 aliphatic heterocycles. The van der Waals surface area contributed by atoms with Crippen molar-refractivity contribution >= 4 is 33.4 Å². The molecule has 5 heteroatoms. The van der Waals surface area contributed by atoms with Crippen molar-refractivity contribution in [3.63, 3.8) is 0 Å². The Kier molecular flexibility index (Phi) is 4.45. The van der Waals surface area contributed by atoms with Crippen LogP contribution in [0.5, 0.6) is 0 Å². The van der Waals surface area contributed by atoms with Gasteiger partial charge in [-0.1, -0.05) is 28.1 Å². The van der Waals surface area contributed by atoms with Gasteiger partial charge in [0.15, 0.2) is 0 Å². The van der Waals surface area contributed by atoms with Crippen LogP contribution >= 0.6 is 15.9 Å². The second-order valence-electron chi connectivity index (χ2n) is 3.35. The van der Waals surface area contributed by atoms with Gasteiger partial charge in [-0.15, -0.1) is 0 Å². The van der Waals surface area contributed by atoms with Gasteiger partial charge in [0, 0.05) is 15.7 Å². The molecule has 4 nitrogen and oxygen atoms in total. The van der Waals surface area contributed by atoms with Gasteiger partial charge in [0.1, 0.15) is 11.3 Å². The van der Waals surface area contributed by atoms with E-state index in [1.807, 2.05) is 0 Å². The molecule has 90 valence electrons. The molecule has 1 aromatic rings. The molecule has 0 aromatic heterocycles. The van der Waals surface area contributed by atoms with Crippen molar-refractivity contribution in [1.29, 1.82) is 5.41 Å². The van der Waals surface area contributed by atoms with Crippen molar-refractivity contribution in [3.05, 3.63) is 39.9 Å². The summed E-state index contributed by atoms with van der Waals surface area (Å²) in [5, 5.41) is 17.4. The van der Waals surface area contributed by atoms with Gasteiger partial charge in [0.05, 0.1) is 7.11 Å². The number of carbonyl (C=O) groups is 1. The first-order valence-corrected chi connectivity index (χ1v) is 5.59. The largest absolute Gasteiger partial charge is 0.506 e. The number of benzene rings is 1. The standard InChI is InChI=1S/C12H12BrNO3/c1-7(14)10(12(16)17-2)11(15)8-3-5-9(13)6-4-8/h3-6,14-15H,1-2H3/b11-10+,14-7?. The van der Waals surface area contributed by atoms with Crippen LogP contribution < -0.4 is 0 Å². The first kappa shape index (κ1) is 13.4. The Morgan fingerprint density at radius 1 is 1.35 bits per heavy atom. The van der Waals surface area contributed by atoms with E-state index in [2.05, 4.69) is 20.7 Å². The fourth-order valence-corrected chi connectivity index (χ4v) is 1.55. The third kappa shape index (κ3) is 3.17. The number of nitrogens with one attached hydrogen (secondary N) is 1. The van der Waals surface area contributed by atoms with E-state index < -0.39 is 5.97 Å². The number of halogens is 1. The smallest absolute Gasteiger partial charge is 0.343 e. The first-order valence-electron chi connectivity index (χ1n) is 4.80. The summed E-state index contributed by atoms with van der Waals surface area (Å²) in [6.45, 7) is 1.42. The van der Waals surface area contributed by atoms with Gasteiger partial charge in [-0.3, -0.25) is 0 Å². The van der Waals surface area contributed by atoms with Crippen molar-refractivity contribution in [2.24, 2.45) is 0 Å². The van der Waals surface area contributed by atoms with Crippen LogP contribution in [-0.4, -0.2) is 23.9 Å². The molecule has 0 saturated heterocycles. The molecule has 0 heterocycles. The zero-order valence-corrected chi connectivity index (χ0v) is 11.0. The van der Waals surface area contributed by atoms with Crippen LogP contribution in [-0.2, 0) is 9.53 Å². The number of ether oxygens (including phenoxy) is 1. The molecule has 1 rings (SSSR count). The normalized spacial score (nSPS) is 11.7. The van der Waals surface area contributed by atoms with Gasteiger partial charge in [-0.05, 0) is 19.1 Å². The van der Waals surface area contributed by atoms with Crippen molar-refractivity contribution < 1.29 is 14.6 Å². The molecule has 1 aromatic carbocycles. The van der Waals surface area contributed by atoms with E-state index in [9.17, 15) is 9.90 Å². The molecule has 0 aliphatic carbocycles. The highest BCUT2D eigenvalue weighted by atomic mass is 79.9. The third-order valence-electron chi connectivity index (χ3n) is 2.12. The molecule has 2 N–H and O–H groups in total. The quantitative estimate of drug-likeness (QED) is 0.390. The highest BCUT2D eigenvalue weighted by Crippen LogP contribution is 2.20. The lowest BCUT2D eigenvalue weighted by Gasteiger charge is -2.08. The lowest BCUT2D eigenvalue weighted by atomic mass is 10.1. The molecule has 0 amide bonds. The Labute approximate surface area is 108 Å². The van der Waals surface area contributed by atoms with Crippen LogP contribution in [0.2, 0.25) is 0 Å². The number of rotatable bonds is 3. The average Bonchev–Trinajstić information content (AvgIpc) is 2.29. The lowest BCUT2D eigenvalue weighted by Crippen LogP contribution is -2.13. The second-order valence-corrected chi connectivity index (χ2v) is 4.26. The highest BCUT2D eigenvalue weighted by Gasteiger charge is 2.19. The van der Waals surface area contributed by atoms with Gasteiger partial charge in [0.2, 0.25) is 0 Å². The summed E-state index contributed by atoms with van der Waals surface area (Å²) in [7, 11) is 1.21. The molecule has 0 atom stereocenters. The zero-order chi connectivity index (χ0) is 13.0. The predicted octanol–water partition coefficient (Wildman–Crippen LogP) is 2.93. The van der Waals surface area contributed by atoms with E-state index in [0.29, 0.717) is 5.56 Å². The van der Waals surface area contributed by atoms with Crippen molar-refractivity contribution in [2.45, 2.75) is 6.92 Å². The molecular formula is C12H12BrNO3. The Morgan fingerprint density at radius 2 is 1.88 bits per heavy atom. The molecule has 0 unspecified atom stereocenters.